The summed E-state index contributed by atoms with van der Waals surface area (Å²) < 4.78 is 0. The second kappa shape index (κ2) is 4.17. The number of carbonyl (C=O) groups excluding carboxylic acids is 1. The molecule has 0 saturated heterocycles. The van der Waals surface area contributed by atoms with Crippen molar-refractivity contribution in [1.82, 2.24) is 0 Å². The summed E-state index contributed by atoms with van der Waals surface area (Å²) in [6, 6.07) is 8.87. The Kier molecular flexibility index (Phi) is 2.89. The van der Waals surface area contributed by atoms with Gasteiger partial charge < -0.3 is 0 Å². The average molecular weight is 237 g/mol. The minimum atomic E-state index is 0.0600. The van der Waals surface area contributed by atoms with Gasteiger partial charge in [-0.2, -0.15) is 0 Å². The van der Waals surface area contributed by atoms with Crippen molar-refractivity contribution in [2.24, 2.45) is 0 Å². The van der Waals surface area contributed by atoms with E-state index in [2.05, 4.69) is 0 Å². The molecule has 2 rings (SSSR count). The molecule has 0 spiro atoms. The Labute approximate surface area is 97.3 Å². The standard InChI is InChI=1S/C12H9ClOS/c1-8-6-11(15-7-8)12(14)9-2-4-10(13)5-3-9/h2-7H,1H3. The van der Waals surface area contributed by atoms with Crippen LogP contribution in [-0.4, -0.2) is 5.78 Å². The molecule has 3 heteroatoms. The van der Waals surface area contributed by atoms with Crippen LogP contribution in [0.5, 0.6) is 0 Å². The maximum Gasteiger partial charge on any atom is 0.202 e. The third-order valence-electron chi connectivity index (χ3n) is 2.06. The van der Waals surface area contributed by atoms with Crippen LogP contribution in [0.2, 0.25) is 5.02 Å². The predicted octanol–water partition coefficient (Wildman–Crippen LogP) is 3.94. The summed E-state index contributed by atoms with van der Waals surface area (Å²) in [7, 11) is 0. The van der Waals surface area contributed by atoms with E-state index in [0.29, 0.717) is 10.6 Å². The van der Waals surface area contributed by atoms with Gasteiger partial charge in [-0.15, -0.1) is 11.3 Å². The highest BCUT2D eigenvalue weighted by Gasteiger charge is 2.10. The molecule has 0 bridgehead atoms. The average Bonchev–Trinajstić information content (AvgIpc) is 2.65. The lowest BCUT2D eigenvalue weighted by Crippen LogP contribution is -1.97. The van der Waals surface area contributed by atoms with Gasteiger partial charge in [0.15, 0.2) is 0 Å². The smallest absolute Gasteiger partial charge is 0.202 e. The zero-order valence-corrected chi connectivity index (χ0v) is 9.73. The molecule has 15 heavy (non-hydrogen) atoms. The normalized spacial score (nSPS) is 10.3. The Balaban J connectivity index is 2.32. The van der Waals surface area contributed by atoms with E-state index in [-0.39, 0.29) is 5.78 Å². The number of carbonyl (C=O) groups is 1. The molecule has 0 unspecified atom stereocenters. The predicted molar refractivity (Wildman–Crippen MR) is 63.9 cm³/mol. The molecular weight excluding hydrogens is 228 g/mol. The highest BCUT2D eigenvalue weighted by atomic mass is 35.5. The molecule has 0 N–H and O–H groups in total. The van der Waals surface area contributed by atoms with Gasteiger partial charge in [-0.1, -0.05) is 11.6 Å². The van der Waals surface area contributed by atoms with Gasteiger partial charge >= 0.3 is 0 Å². The summed E-state index contributed by atoms with van der Waals surface area (Å²) >= 11 is 7.23. The van der Waals surface area contributed by atoms with E-state index in [4.69, 9.17) is 11.6 Å². The molecule has 1 aromatic heterocycles. The molecule has 1 heterocycles. The van der Waals surface area contributed by atoms with Crippen molar-refractivity contribution in [3.8, 4) is 0 Å². The van der Waals surface area contributed by atoms with E-state index in [1.165, 1.54) is 11.3 Å². The maximum absolute atomic E-state index is 11.9. The number of hydrogen-bond acceptors (Lipinski definition) is 2. The Morgan fingerprint density at radius 1 is 1.27 bits per heavy atom. The first-order chi connectivity index (χ1) is 7.16. The van der Waals surface area contributed by atoms with E-state index < -0.39 is 0 Å². The molecule has 2 aromatic rings. The van der Waals surface area contributed by atoms with Crippen molar-refractivity contribution in [3.63, 3.8) is 0 Å². The van der Waals surface area contributed by atoms with E-state index in [1.807, 2.05) is 18.4 Å². The van der Waals surface area contributed by atoms with Crippen LogP contribution in [0, 0.1) is 6.92 Å². The van der Waals surface area contributed by atoms with Crippen LogP contribution >= 0.6 is 22.9 Å². The topological polar surface area (TPSA) is 17.1 Å². The van der Waals surface area contributed by atoms with Gasteiger partial charge in [-0.3, -0.25) is 4.79 Å². The zero-order chi connectivity index (χ0) is 10.8. The van der Waals surface area contributed by atoms with Gasteiger partial charge in [0.25, 0.3) is 0 Å². The van der Waals surface area contributed by atoms with Crippen LogP contribution in [0.4, 0.5) is 0 Å². The Bertz CT molecular complexity index is 485. The molecule has 1 nitrogen and oxygen atoms in total. The van der Waals surface area contributed by atoms with Crippen LogP contribution < -0.4 is 0 Å². The van der Waals surface area contributed by atoms with Gasteiger partial charge in [0, 0.05) is 10.6 Å². The van der Waals surface area contributed by atoms with Gasteiger partial charge in [-0.05, 0) is 48.2 Å². The molecule has 0 radical (unpaired) electrons. The minimum Gasteiger partial charge on any atom is -0.288 e. The third kappa shape index (κ3) is 2.28. The van der Waals surface area contributed by atoms with Gasteiger partial charge in [-0.25, -0.2) is 0 Å². The second-order valence-electron chi connectivity index (χ2n) is 3.32. The summed E-state index contributed by atoms with van der Waals surface area (Å²) in [5, 5.41) is 2.62. The summed E-state index contributed by atoms with van der Waals surface area (Å²) in [6.45, 7) is 1.98. The van der Waals surface area contributed by atoms with Gasteiger partial charge in [0.05, 0.1) is 4.88 Å². The number of thiophene rings is 1. The Morgan fingerprint density at radius 2 is 1.93 bits per heavy atom. The first kappa shape index (κ1) is 10.4. The lowest BCUT2D eigenvalue weighted by atomic mass is 10.1. The van der Waals surface area contributed by atoms with E-state index in [1.54, 1.807) is 24.3 Å². The Hall–Kier alpha value is -1.12. The van der Waals surface area contributed by atoms with Crippen molar-refractivity contribution in [1.29, 1.82) is 0 Å². The van der Waals surface area contributed by atoms with Crippen LogP contribution in [0.1, 0.15) is 20.8 Å². The number of halogens is 1. The van der Waals surface area contributed by atoms with E-state index in [0.717, 1.165) is 10.4 Å². The van der Waals surface area contributed by atoms with Crippen molar-refractivity contribution < 1.29 is 4.79 Å². The van der Waals surface area contributed by atoms with Crippen molar-refractivity contribution in [3.05, 3.63) is 56.7 Å². The molecule has 0 aliphatic rings. The van der Waals surface area contributed by atoms with Crippen LogP contribution in [-0.2, 0) is 0 Å². The molecule has 1 aromatic carbocycles. The van der Waals surface area contributed by atoms with Crippen LogP contribution in [0.15, 0.2) is 35.7 Å². The van der Waals surface area contributed by atoms with Crippen LogP contribution in [0.25, 0.3) is 0 Å². The van der Waals surface area contributed by atoms with E-state index >= 15 is 0 Å². The summed E-state index contributed by atoms with van der Waals surface area (Å²) in [5.74, 6) is 0.0600. The Morgan fingerprint density at radius 3 is 2.47 bits per heavy atom. The molecule has 0 saturated carbocycles. The molecule has 0 amide bonds. The molecule has 76 valence electrons. The highest BCUT2D eigenvalue weighted by Crippen LogP contribution is 2.19. The number of hydrogen-bond donors (Lipinski definition) is 0. The third-order valence-corrected chi connectivity index (χ3v) is 3.36. The van der Waals surface area contributed by atoms with Crippen molar-refractivity contribution in [2.45, 2.75) is 6.92 Å². The lowest BCUT2D eigenvalue weighted by molar-refractivity contribution is 0.104. The fourth-order valence-corrected chi connectivity index (χ4v) is 2.28. The minimum absolute atomic E-state index is 0.0600. The fraction of sp³-hybridized carbons (Fsp3) is 0.0833. The number of aryl methyl sites for hydroxylation is 1. The number of rotatable bonds is 2. The molecule has 0 fully saturated rings. The van der Waals surface area contributed by atoms with Crippen molar-refractivity contribution >= 4 is 28.7 Å². The molecule has 0 aliphatic carbocycles. The fourth-order valence-electron chi connectivity index (χ4n) is 1.29. The molecular formula is C12H9ClOS. The quantitative estimate of drug-likeness (QED) is 0.722. The van der Waals surface area contributed by atoms with Crippen LogP contribution in [0.3, 0.4) is 0 Å². The largest absolute Gasteiger partial charge is 0.288 e. The second-order valence-corrected chi connectivity index (χ2v) is 4.67. The monoisotopic (exact) mass is 236 g/mol. The lowest BCUT2D eigenvalue weighted by Gasteiger charge is -1.97. The summed E-state index contributed by atoms with van der Waals surface area (Å²) in [4.78, 5) is 12.7. The number of ketones is 1. The molecule has 0 aliphatic heterocycles. The van der Waals surface area contributed by atoms with Gasteiger partial charge in [0.1, 0.15) is 0 Å². The van der Waals surface area contributed by atoms with E-state index in [9.17, 15) is 4.79 Å². The zero-order valence-electron chi connectivity index (χ0n) is 8.16. The summed E-state index contributed by atoms with van der Waals surface area (Å²) in [5.41, 5.74) is 1.80. The first-order valence-electron chi connectivity index (χ1n) is 4.52. The SMILES string of the molecule is Cc1csc(C(=O)c2ccc(Cl)cc2)c1. The first-order valence-corrected chi connectivity index (χ1v) is 5.78. The number of benzene rings is 1. The highest BCUT2D eigenvalue weighted by molar-refractivity contribution is 7.12. The maximum atomic E-state index is 11.9. The molecule has 0 atom stereocenters. The van der Waals surface area contributed by atoms with Gasteiger partial charge in [0.2, 0.25) is 5.78 Å². The van der Waals surface area contributed by atoms with Crippen molar-refractivity contribution in [2.75, 3.05) is 0 Å². The summed E-state index contributed by atoms with van der Waals surface area (Å²) in [6.07, 6.45) is 0.